The van der Waals surface area contributed by atoms with Crippen molar-refractivity contribution in [2.45, 2.75) is 39.3 Å². The van der Waals surface area contributed by atoms with Crippen molar-refractivity contribution in [3.63, 3.8) is 0 Å². The standard InChI is InChI=1S/C23H26N6O3/c1-16(2)29-21(30)4-3-19(26-29)23(32)27-11-7-17(8-12-27)14-28-15-25-20(13-22(28)31)18-5-9-24-10-6-18/h3-6,9-10,13,15-17H,7-8,11-12,14H2,1-2H3. The molecule has 1 amide bonds. The Kier molecular flexibility index (Phi) is 6.25. The molecule has 0 aliphatic carbocycles. The lowest BCUT2D eigenvalue weighted by molar-refractivity contribution is 0.0673. The molecule has 166 valence electrons. The van der Waals surface area contributed by atoms with Gasteiger partial charge in [0.1, 0.15) is 5.69 Å². The first-order valence-corrected chi connectivity index (χ1v) is 10.8. The molecule has 3 aromatic heterocycles. The Morgan fingerprint density at radius 3 is 2.44 bits per heavy atom. The van der Waals surface area contributed by atoms with Gasteiger partial charge in [0.05, 0.1) is 18.1 Å². The first kappa shape index (κ1) is 21.6. The van der Waals surface area contributed by atoms with E-state index in [0.29, 0.717) is 25.3 Å². The maximum atomic E-state index is 12.9. The number of nitrogens with zero attached hydrogens (tertiary/aromatic N) is 6. The van der Waals surface area contributed by atoms with Crippen molar-refractivity contribution in [1.82, 2.24) is 29.2 Å². The highest BCUT2D eigenvalue weighted by molar-refractivity contribution is 5.92. The Morgan fingerprint density at radius 1 is 1.06 bits per heavy atom. The number of hydrogen-bond acceptors (Lipinski definition) is 6. The number of carbonyl (C=O) groups is 1. The maximum Gasteiger partial charge on any atom is 0.274 e. The molecule has 0 atom stereocenters. The van der Waals surface area contributed by atoms with Gasteiger partial charge in [-0.3, -0.25) is 23.9 Å². The van der Waals surface area contributed by atoms with Gasteiger partial charge in [-0.15, -0.1) is 0 Å². The number of hydrogen-bond donors (Lipinski definition) is 0. The van der Waals surface area contributed by atoms with Crippen LogP contribution in [0.3, 0.4) is 0 Å². The van der Waals surface area contributed by atoms with Crippen LogP contribution in [0.4, 0.5) is 0 Å². The summed E-state index contributed by atoms with van der Waals surface area (Å²) in [7, 11) is 0. The summed E-state index contributed by atoms with van der Waals surface area (Å²) >= 11 is 0. The zero-order valence-electron chi connectivity index (χ0n) is 18.2. The van der Waals surface area contributed by atoms with Gasteiger partial charge in [0.2, 0.25) is 0 Å². The van der Waals surface area contributed by atoms with Gasteiger partial charge in [-0.25, -0.2) is 9.67 Å². The summed E-state index contributed by atoms with van der Waals surface area (Å²) in [6, 6.07) is 7.95. The van der Waals surface area contributed by atoms with Crippen LogP contribution in [0.2, 0.25) is 0 Å². The van der Waals surface area contributed by atoms with Crippen molar-refractivity contribution >= 4 is 5.91 Å². The molecule has 0 spiro atoms. The lowest BCUT2D eigenvalue weighted by atomic mass is 9.96. The zero-order chi connectivity index (χ0) is 22.7. The molecule has 0 radical (unpaired) electrons. The molecular weight excluding hydrogens is 408 g/mol. The van der Waals surface area contributed by atoms with Gasteiger partial charge in [0.25, 0.3) is 17.0 Å². The molecule has 0 N–H and O–H groups in total. The molecule has 0 aromatic carbocycles. The van der Waals surface area contributed by atoms with Gasteiger partial charge in [0, 0.05) is 49.7 Å². The number of pyridine rings is 1. The molecule has 9 heteroatoms. The summed E-state index contributed by atoms with van der Waals surface area (Å²) in [6.45, 7) is 5.45. The van der Waals surface area contributed by atoms with Crippen LogP contribution in [0.25, 0.3) is 11.3 Å². The number of likely N-dealkylation sites (tertiary alicyclic amines) is 1. The van der Waals surface area contributed by atoms with E-state index in [4.69, 9.17) is 0 Å². The van der Waals surface area contributed by atoms with E-state index in [1.807, 2.05) is 26.0 Å². The molecule has 0 bridgehead atoms. The van der Waals surface area contributed by atoms with E-state index >= 15 is 0 Å². The second kappa shape index (κ2) is 9.25. The average Bonchev–Trinajstić information content (AvgIpc) is 2.81. The van der Waals surface area contributed by atoms with E-state index in [0.717, 1.165) is 18.4 Å². The Bertz CT molecular complexity index is 1210. The van der Waals surface area contributed by atoms with Gasteiger partial charge in [-0.1, -0.05) is 0 Å². The molecular formula is C23H26N6O3. The van der Waals surface area contributed by atoms with Crippen LogP contribution >= 0.6 is 0 Å². The molecule has 4 rings (SSSR count). The van der Waals surface area contributed by atoms with Crippen molar-refractivity contribution in [3.8, 4) is 11.3 Å². The van der Waals surface area contributed by atoms with Gasteiger partial charge < -0.3 is 4.90 Å². The Morgan fingerprint density at radius 2 is 1.78 bits per heavy atom. The summed E-state index contributed by atoms with van der Waals surface area (Å²) < 4.78 is 2.96. The number of carbonyl (C=O) groups excluding carboxylic acids is 1. The fourth-order valence-electron chi connectivity index (χ4n) is 3.91. The van der Waals surface area contributed by atoms with Crippen LogP contribution in [0.5, 0.6) is 0 Å². The fraction of sp³-hybridized carbons (Fsp3) is 0.391. The highest BCUT2D eigenvalue weighted by atomic mass is 16.2. The molecule has 1 aliphatic heterocycles. The van der Waals surface area contributed by atoms with E-state index in [-0.39, 0.29) is 34.7 Å². The SMILES string of the molecule is CC(C)n1nc(C(=O)N2CCC(Cn3cnc(-c4ccncc4)cc3=O)CC2)ccc1=O. The highest BCUT2D eigenvalue weighted by Gasteiger charge is 2.25. The second-order valence-corrected chi connectivity index (χ2v) is 8.33. The summed E-state index contributed by atoms with van der Waals surface area (Å²) in [5.74, 6) is 0.112. The molecule has 3 aromatic rings. The monoisotopic (exact) mass is 434 g/mol. The third-order valence-electron chi connectivity index (χ3n) is 5.75. The third kappa shape index (κ3) is 4.66. The Balaban J connectivity index is 1.38. The van der Waals surface area contributed by atoms with Crippen molar-refractivity contribution in [3.05, 3.63) is 75.5 Å². The minimum absolute atomic E-state index is 0.0922. The molecule has 0 saturated carbocycles. The number of piperidine rings is 1. The first-order chi connectivity index (χ1) is 15.4. The molecule has 0 unspecified atom stereocenters. The van der Waals surface area contributed by atoms with E-state index < -0.39 is 0 Å². The fourth-order valence-corrected chi connectivity index (χ4v) is 3.91. The van der Waals surface area contributed by atoms with Crippen LogP contribution < -0.4 is 11.1 Å². The van der Waals surface area contributed by atoms with Gasteiger partial charge in [-0.2, -0.15) is 5.10 Å². The Hall–Kier alpha value is -3.62. The summed E-state index contributed by atoms with van der Waals surface area (Å²) in [4.78, 5) is 47.5. The molecule has 1 aliphatic rings. The lowest BCUT2D eigenvalue weighted by Gasteiger charge is -2.32. The average molecular weight is 435 g/mol. The minimum atomic E-state index is -0.218. The normalized spacial score (nSPS) is 14.7. The van der Waals surface area contributed by atoms with Crippen molar-refractivity contribution in [2.75, 3.05) is 13.1 Å². The maximum absolute atomic E-state index is 12.9. The summed E-state index contributed by atoms with van der Waals surface area (Å²) in [5, 5.41) is 4.23. The molecule has 9 nitrogen and oxygen atoms in total. The minimum Gasteiger partial charge on any atom is -0.337 e. The Labute approximate surface area is 185 Å². The van der Waals surface area contributed by atoms with Crippen molar-refractivity contribution in [2.24, 2.45) is 5.92 Å². The molecule has 1 fully saturated rings. The summed E-state index contributed by atoms with van der Waals surface area (Å²) in [6.07, 6.45) is 6.51. The van der Waals surface area contributed by atoms with Gasteiger partial charge >= 0.3 is 0 Å². The van der Waals surface area contributed by atoms with Crippen molar-refractivity contribution < 1.29 is 4.79 Å². The number of amides is 1. The summed E-state index contributed by atoms with van der Waals surface area (Å²) in [5.41, 5.74) is 1.45. The third-order valence-corrected chi connectivity index (χ3v) is 5.75. The number of rotatable bonds is 5. The van der Waals surface area contributed by atoms with Gasteiger partial charge in [-0.05, 0) is 50.8 Å². The highest BCUT2D eigenvalue weighted by Crippen LogP contribution is 2.20. The van der Waals surface area contributed by atoms with E-state index in [1.54, 1.807) is 34.3 Å². The van der Waals surface area contributed by atoms with E-state index in [2.05, 4.69) is 15.1 Å². The zero-order valence-corrected chi connectivity index (χ0v) is 18.2. The van der Waals surface area contributed by atoms with E-state index in [9.17, 15) is 14.4 Å². The predicted octanol–water partition coefficient (Wildman–Crippen LogP) is 2.00. The molecule has 32 heavy (non-hydrogen) atoms. The van der Waals surface area contributed by atoms with E-state index in [1.165, 1.54) is 16.8 Å². The van der Waals surface area contributed by atoms with Gasteiger partial charge in [0.15, 0.2) is 0 Å². The first-order valence-electron chi connectivity index (χ1n) is 10.8. The smallest absolute Gasteiger partial charge is 0.274 e. The van der Waals surface area contributed by atoms with Crippen LogP contribution in [-0.4, -0.2) is 48.2 Å². The van der Waals surface area contributed by atoms with Crippen molar-refractivity contribution in [1.29, 1.82) is 0 Å². The van der Waals surface area contributed by atoms with Crippen LogP contribution in [-0.2, 0) is 6.54 Å². The predicted molar refractivity (Wildman–Crippen MR) is 119 cm³/mol. The topological polar surface area (TPSA) is 103 Å². The van der Waals surface area contributed by atoms with Crippen LogP contribution in [0.1, 0.15) is 43.2 Å². The largest absolute Gasteiger partial charge is 0.337 e. The second-order valence-electron chi connectivity index (χ2n) is 8.33. The number of aromatic nitrogens is 5. The van der Waals surface area contributed by atoms with Crippen LogP contribution in [0, 0.1) is 5.92 Å². The van der Waals surface area contributed by atoms with Crippen LogP contribution in [0.15, 0.2) is 58.6 Å². The quantitative estimate of drug-likeness (QED) is 0.609. The molecule has 1 saturated heterocycles. The lowest BCUT2D eigenvalue weighted by Crippen LogP contribution is -2.41. The molecule has 4 heterocycles.